The lowest BCUT2D eigenvalue weighted by Gasteiger charge is -2.09. The third-order valence-electron chi connectivity index (χ3n) is 2.63. The Hall–Kier alpha value is -2.06. The van der Waals surface area contributed by atoms with E-state index in [9.17, 15) is 18.0 Å². The van der Waals surface area contributed by atoms with Crippen LogP contribution in [0.1, 0.15) is 10.4 Å². The first-order chi connectivity index (χ1) is 9.92. The van der Waals surface area contributed by atoms with E-state index in [0.717, 1.165) is 18.2 Å². The maximum absolute atomic E-state index is 13.5. The summed E-state index contributed by atoms with van der Waals surface area (Å²) in [6.07, 6.45) is 0. The van der Waals surface area contributed by atoms with Crippen molar-refractivity contribution in [2.45, 2.75) is 0 Å². The number of nitrogens with one attached hydrogen (secondary N) is 2. The van der Waals surface area contributed by atoms with E-state index in [-0.39, 0.29) is 15.7 Å². The van der Waals surface area contributed by atoms with E-state index in [4.69, 9.17) is 5.84 Å². The van der Waals surface area contributed by atoms with Crippen LogP contribution < -0.4 is 16.6 Å². The molecule has 0 bridgehead atoms. The van der Waals surface area contributed by atoms with Crippen LogP contribution in [-0.2, 0) is 0 Å². The van der Waals surface area contributed by atoms with Gasteiger partial charge < -0.3 is 10.7 Å². The van der Waals surface area contributed by atoms with Gasteiger partial charge in [-0.05, 0) is 46.3 Å². The number of halogens is 4. The van der Waals surface area contributed by atoms with Gasteiger partial charge in [0.15, 0.2) is 11.6 Å². The van der Waals surface area contributed by atoms with Crippen molar-refractivity contribution in [3.8, 4) is 0 Å². The van der Waals surface area contributed by atoms with E-state index in [0.29, 0.717) is 0 Å². The molecule has 0 heterocycles. The standard InChI is InChI=1S/C13H9BrF3N3O/c14-8-2-1-7(5-9(8)15)19-13(21)6-3-10(16)12(20-18)11(17)4-6/h1-5,20H,18H2,(H,19,21). The zero-order chi connectivity index (χ0) is 15.6. The average Bonchev–Trinajstić information content (AvgIpc) is 2.42. The molecule has 4 nitrogen and oxygen atoms in total. The van der Waals surface area contributed by atoms with Gasteiger partial charge in [-0.2, -0.15) is 0 Å². The van der Waals surface area contributed by atoms with Crippen LogP contribution in [0.5, 0.6) is 0 Å². The van der Waals surface area contributed by atoms with Gasteiger partial charge in [-0.1, -0.05) is 0 Å². The molecule has 8 heteroatoms. The Morgan fingerprint density at radius 2 is 1.67 bits per heavy atom. The van der Waals surface area contributed by atoms with E-state index in [1.54, 1.807) is 0 Å². The van der Waals surface area contributed by atoms with Crippen molar-refractivity contribution in [2.75, 3.05) is 10.7 Å². The van der Waals surface area contributed by atoms with Gasteiger partial charge in [0.05, 0.1) is 4.47 Å². The molecular weight excluding hydrogens is 351 g/mol. The number of amides is 1. The van der Waals surface area contributed by atoms with Gasteiger partial charge >= 0.3 is 0 Å². The lowest BCUT2D eigenvalue weighted by atomic mass is 10.1. The van der Waals surface area contributed by atoms with Crippen LogP contribution in [-0.4, -0.2) is 5.91 Å². The number of nitrogen functional groups attached to an aromatic ring is 1. The van der Waals surface area contributed by atoms with Gasteiger partial charge in [-0.25, -0.2) is 13.2 Å². The van der Waals surface area contributed by atoms with E-state index in [1.807, 2.05) is 5.43 Å². The van der Waals surface area contributed by atoms with Crippen LogP contribution in [0.4, 0.5) is 24.5 Å². The van der Waals surface area contributed by atoms with Crippen LogP contribution >= 0.6 is 15.9 Å². The highest BCUT2D eigenvalue weighted by atomic mass is 79.9. The van der Waals surface area contributed by atoms with E-state index >= 15 is 0 Å². The summed E-state index contributed by atoms with van der Waals surface area (Å²) in [6.45, 7) is 0. The molecule has 4 N–H and O–H groups in total. The van der Waals surface area contributed by atoms with Gasteiger partial charge in [-0.15, -0.1) is 0 Å². The number of hydrogen-bond donors (Lipinski definition) is 3. The number of hydrazine groups is 1. The summed E-state index contributed by atoms with van der Waals surface area (Å²) in [5, 5.41) is 2.33. The van der Waals surface area contributed by atoms with E-state index in [2.05, 4.69) is 21.2 Å². The summed E-state index contributed by atoms with van der Waals surface area (Å²) in [6, 6.07) is 5.55. The average molecular weight is 360 g/mol. The second kappa shape index (κ2) is 6.15. The second-order valence-corrected chi connectivity index (χ2v) is 4.90. The van der Waals surface area contributed by atoms with Crippen molar-refractivity contribution >= 4 is 33.2 Å². The summed E-state index contributed by atoms with van der Waals surface area (Å²) in [5.41, 5.74) is 1.21. The van der Waals surface area contributed by atoms with Crippen LogP contribution in [0.3, 0.4) is 0 Å². The maximum atomic E-state index is 13.5. The normalized spacial score (nSPS) is 10.3. The molecule has 0 unspecified atom stereocenters. The molecule has 2 aromatic rings. The topological polar surface area (TPSA) is 67.1 Å². The highest BCUT2D eigenvalue weighted by Gasteiger charge is 2.15. The first-order valence-electron chi connectivity index (χ1n) is 5.64. The molecule has 0 aliphatic heterocycles. The lowest BCUT2D eigenvalue weighted by Crippen LogP contribution is -2.15. The van der Waals surface area contributed by atoms with Gasteiger partial charge in [0.2, 0.25) is 0 Å². The Balaban J connectivity index is 2.26. The van der Waals surface area contributed by atoms with Crippen molar-refractivity contribution in [2.24, 2.45) is 5.84 Å². The lowest BCUT2D eigenvalue weighted by molar-refractivity contribution is 0.102. The molecule has 110 valence electrons. The fourth-order valence-corrected chi connectivity index (χ4v) is 1.87. The minimum atomic E-state index is -1.01. The molecule has 0 spiro atoms. The fourth-order valence-electron chi connectivity index (χ4n) is 1.62. The summed E-state index contributed by atoms with van der Waals surface area (Å²) in [4.78, 5) is 11.9. The second-order valence-electron chi connectivity index (χ2n) is 4.04. The third-order valence-corrected chi connectivity index (χ3v) is 3.27. The minimum Gasteiger partial charge on any atom is -0.322 e. The van der Waals surface area contributed by atoms with E-state index in [1.165, 1.54) is 12.1 Å². The van der Waals surface area contributed by atoms with Gasteiger partial charge in [-0.3, -0.25) is 10.6 Å². The molecule has 2 rings (SSSR count). The molecule has 2 aromatic carbocycles. The molecule has 0 saturated carbocycles. The van der Waals surface area contributed by atoms with Gasteiger partial charge in [0.1, 0.15) is 11.5 Å². The molecular formula is C13H9BrF3N3O. The predicted octanol–water partition coefficient (Wildman–Crippen LogP) is 3.40. The molecule has 0 atom stereocenters. The summed E-state index contributed by atoms with van der Waals surface area (Å²) in [5.74, 6) is 1.58. The molecule has 1 amide bonds. The van der Waals surface area contributed by atoms with Crippen molar-refractivity contribution in [3.05, 3.63) is 57.8 Å². The first-order valence-corrected chi connectivity index (χ1v) is 6.43. The van der Waals surface area contributed by atoms with Crippen molar-refractivity contribution < 1.29 is 18.0 Å². The van der Waals surface area contributed by atoms with Crippen molar-refractivity contribution in [1.29, 1.82) is 0 Å². The number of carbonyl (C=O) groups is 1. The molecule has 0 fully saturated rings. The van der Waals surface area contributed by atoms with Crippen LogP contribution in [0.15, 0.2) is 34.8 Å². The molecule has 0 aliphatic carbocycles. The summed E-state index contributed by atoms with van der Waals surface area (Å²) < 4.78 is 40.5. The van der Waals surface area contributed by atoms with Crippen LogP contribution in [0, 0.1) is 17.5 Å². The monoisotopic (exact) mass is 359 g/mol. The zero-order valence-electron chi connectivity index (χ0n) is 10.4. The maximum Gasteiger partial charge on any atom is 0.255 e. The Bertz CT molecular complexity index is 686. The van der Waals surface area contributed by atoms with Crippen LogP contribution in [0.25, 0.3) is 0 Å². The zero-order valence-corrected chi connectivity index (χ0v) is 12.0. The number of anilines is 2. The number of hydrogen-bond acceptors (Lipinski definition) is 3. The Labute approximate surface area is 126 Å². The smallest absolute Gasteiger partial charge is 0.255 e. The van der Waals surface area contributed by atoms with Gasteiger partial charge in [0.25, 0.3) is 5.91 Å². The van der Waals surface area contributed by atoms with Gasteiger partial charge in [0, 0.05) is 11.3 Å². The Morgan fingerprint density at radius 1 is 1.05 bits per heavy atom. The SMILES string of the molecule is NNc1c(F)cc(C(=O)Nc2ccc(Br)c(F)c2)cc1F. The predicted molar refractivity (Wildman–Crippen MR) is 76.2 cm³/mol. The van der Waals surface area contributed by atoms with Crippen LogP contribution in [0.2, 0.25) is 0 Å². The Kier molecular flexibility index (Phi) is 4.49. The molecule has 0 aromatic heterocycles. The minimum absolute atomic E-state index is 0.155. The number of benzene rings is 2. The van der Waals surface area contributed by atoms with Crippen molar-refractivity contribution in [1.82, 2.24) is 0 Å². The first kappa shape index (κ1) is 15.3. The number of nitrogens with two attached hydrogens (primary N) is 1. The number of rotatable bonds is 3. The molecule has 0 saturated heterocycles. The van der Waals surface area contributed by atoms with E-state index < -0.39 is 29.0 Å². The quantitative estimate of drug-likeness (QED) is 0.581. The number of carbonyl (C=O) groups excluding carboxylic acids is 1. The highest BCUT2D eigenvalue weighted by Crippen LogP contribution is 2.22. The Morgan fingerprint density at radius 3 is 2.19 bits per heavy atom. The highest BCUT2D eigenvalue weighted by molar-refractivity contribution is 9.10. The fraction of sp³-hybridized carbons (Fsp3) is 0. The largest absolute Gasteiger partial charge is 0.322 e. The molecule has 0 aliphatic rings. The molecule has 21 heavy (non-hydrogen) atoms. The summed E-state index contributed by atoms with van der Waals surface area (Å²) >= 11 is 2.97. The van der Waals surface area contributed by atoms with Crippen molar-refractivity contribution in [3.63, 3.8) is 0 Å². The summed E-state index contributed by atoms with van der Waals surface area (Å²) in [7, 11) is 0. The molecule has 0 radical (unpaired) electrons. The third kappa shape index (κ3) is 3.34.